The fraction of sp³-hybridized carbons (Fsp3) is 0.0800. The number of phenols is 1. The number of azo groups is 1. The van der Waals surface area contributed by atoms with Gasteiger partial charge in [-0.2, -0.15) is 8.42 Å². The lowest BCUT2D eigenvalue weighted by molar-refractivity contribution is 0.102. The number of anilines is 1. The summed E-state index contributed by atoms with van der Waals surface area (Å²) in [5.74, 6) is -0.388. The van der Waals surface area contributed by atoms with Gasteiger partial charge in [0.15, 0.2) is 5.75 Å². The van der Waals surface area contributed by atoms with E-state index in [9.17, 15) is 22.9 Å². The third-order valence-corrected chi connectivity index (χ3v) is 6.67. The number of benzene rings is 4. The molecule has 0 aliphatic heterocycles. The second kappa shape index (κ2) is 9.94. The van der Waals surface area contributed by atoms with Crippen molar-refractivity contribution in [2.24, 2.45) is 10.2 Å². The normalized spacial score (nSPS) is 11.7. The lowest BCUT2D eigenvalue weighted by Gasteiger charge is -2.12. The molecule has 0 bridgehead atoms. The van der Waals surface area contributed by atoms with E-state index in [1.165, 1.54) is 25.3 Å². The molecule has 0 aliphatic carbocycles. The molecule has 1 amide bonds. The summed E-state index contributed by atoms with van der Waals surface area (Å²) < 4.78 is 37.9. The third-order valence-electron chi connectivity index (χ3n) is 5.29. The molecule has 0 aromatic heterocycles. The molecule has 0 radical (unpaired) electrons. The van der Waals surface area contributed by atoms with Crippen LogP contribution in [0.4, 0.5) is 17.1 Å². The summed E-state index contributed by atoms with van der Waals surface area (Å²) in [4.78, 5) is 12.5. The quantitative estimate of drug-likeness (QED) is 0.196. The lowest BCUT2D eigenvalue weighted by Crippen LogP contribution is -2.12. The van der Waals surface area contributed by atoms with Crippen LogP contribution in [-0.4, -0.2) is 31.1 Å². The molecule has 0 atom stereocenters. The van der Waals surface area contributed by atoms with E-state index in [0.717, 1.165) is 0 Å². The summed E-state index contributed by atoms with van der Waals surface area (Å²) in [5.41, 5.74) is 0.843. The van der Waals surface area contributed by atoms with Gasteiger partial charge in [-0.3, -0.25) is 9.35 Å². The van der Waals surface area contributed by atoms with Gasteiger partial charge in [0.25, 0.3) is 16.0 Å². The molecule has 4 aromatic carbocycles. The van der Waals surface area contributed by atoms with E-state index in [2.05, 4.69) is 15.5 Å². The Balaban J connectivity index is 1.79. The first kappa shape index (κ1) is 25.1. The van der Waals surface area contributed by atoms with Crippen molar-refractivity contribution in [1.82, 2.24) is 0 Å². The van der Waals surface area contributed by atoms with Crippen LogP contribution in [0.1, 0.15) is 15.9 Å². The van der Waals surface area contributed by atoms with E-state index < -0.39 is 26.7 Å². The first-order valence-electron chi connectivity index (χ1n) is 10.5. The zero-order valence-corrected chi connectivity index (χ0v) is 20.6. The molecular weight excluding hydrogens is 506 g/mol. The Labute approximate surface area is 211 Å². The summed E-state index contributed by atoms with van der Waals surface area (Å²) in [6.45, 7) is 1.60. The van der Waals surface area contributed by atoms with E-state index in [1.54, 1.807) is 55.5 Å². The van der Waals surface area contributed by atoms with Crippen molar-refractivity contribution in [3.8, 4) is 11.5 Å². The van der Waals surface area contributed by atoms with Crippen molar-refractivity contribution >= 4 is 55.5 Å². The molecule has 11 heteroatoms. The highest BCUT2D eigenvalue weighted by Gasteiger charge is 2.21. The van der Waals surface area contributed by atoms with Gasteiger partial charge in [-0.1, -0.05) is 35.9 Å². The number of methoxy groups -OCH3 is 1. The molecule has 0 saturated heterocycles. The summed E-state index contributed by atoms with van der Waals surface area (Å²) in [7, 11) is -3.07. The van der Waals surface area contributed by atoms with E-state index in [-0.39, 0.29) is 22.0 Å². The SMILES string of the molecule is COc1ccc(NC(=O)c2cc3ccccc3c(N=Nc3cc(C)cc(S(=O)(=O)O)c3Cl)c2O)cc1. The van der Waals surface area contributed by atoms with Gasteiger partial charge < -0.3 is 15.2 Å². The van der Waals surface area contributed by atoms with Crippen molar-refractivity contribution in [3.63, 3.8) is 0 Å². The highest BCUT2D eigenvalue weighted by atomic mass is 35.5. The molecule has 4 aromatic rings. The van der Waals surface area contributed by atoms with E-state index >= 15 is 0 Å². The zero-order valence-electron chi connectivity index (χ0n) is 19.1. The number of amides is 1. The standard InChI is InChI=1S/C25H20ClN3O6S/c1-14-11-20(22(26)21(12-14)36(32,33)34)28-29-23-18-6-4-3-5-15(18)13-19(24(23)30)25(31)27-16-7-9-17(35-2)10-8-16/h3-13,30H,1-2H3,(H,27,31)(H,32,33,34). The van der Waals surface area contributed by atoms with Gasteiger partial charge in [-0.25, -0.2) is 0 Å². The predicted molar refractivity (Wildman–Crippen MR) is 137 cm³/mol. The van der Waals surface area contributed by atoms with Crippen LogP contribution in [0.3, 0.4) is 0 Å². The number of phenolic OH excluding ortho intramolecular Hbond substituents is 1. The summed E-state index contributed by atoms with van der Waals surface area (Å²) in [5, 5.41) is 22.6. The van der Waals surface area contributed by atoms with Gasteiger partial charge in [0.2, 0.25) is 0 Å². The molecule has 0 unspecified atom stereocenters. The summed E-state index contributed by atoms with van der Waals surface area (Å²) in [6.07, 6.45) is 0. The average Bonchev–Trinajstić information content (AvgIpc) is 2.84. The van der Waals surface area contributed by atoms with Crippen LogP contribution in [-0.2, 0) is 10.1 Å². The molecule has 9 nitrogen and oxygen atoms in total. The van der Waals surface area contributed by atoms with Crippen molar-refractivity contribution in [1.29, 1.82) is 0 Å². The number of nitrogens with one attached hydrogen (secondary N) is 1. The first-order valence-corrected chi connectivity index (χ1v) is 12.3. The minimum atomic E-state index is -4.60. The van der Waals surface area contributed by atoms with Crippen molar-refractivity contribution in [3.05, 3.63) is 82.9 Å². The number of nitrogens with zero attached hydrogens (tertiary/aromatic N) is 2. The Morgan fingerprint density at radius 3 is 2.39 bits per heavy atom. The van der Waals surface area contributed by atoms with Crippen LogP contribution < -0.4 is 10.1 Å². The van der Waals surface area contributed by atoms with Gasteiger partial charge in [-0.15, -0.1) is 10.2 Å². The average molecular weight is 526 g/mol. The molecule has 0 fully saturated rings. The number of carbonyl (C=O) groups excluding carboxylic acids is 1. The number of aromatic hydroxyl groups is 1. The number of aryl methyl sites for hydroxylation is 1. The van der Waals surface area contributed by atoms with Crippen LogP contribution in [0.5, 0.6) is 11.5 Å². The van der Waals surface area contributed by atoms with E-state index in [4.69, 9.17) is 16.3 Å². The highest BCUT2D eigenvalue weighted by Crippen LogP contribution is 2.41. The molecule has 0 saturated carbocycles. The molecule has 4 rings (SSSR count). The van der Waals surface area contributed by atoms with Crippen LogP contribution in [0.15, 0.2) is 81.9 Å². The second-order valence-electron chi connectivity index (χ2n) is 7.80. The fourth-order valence-electron chi connectivity index (χ4n) is 3.55. The Kier molecular flexibility index (Phi) is 6.93. The van der Waals surface area contributed by atoms with Crippen LogP contribution >= 0.6 is 11.6 Å². The molecule has 184 valence electrons. The van der Waals surface area contributed by atoms with Gasteiger partial charge in [-0.05, 0) is 60.3 Å². The maximum absolute atomic E-state index is 13.0. The third kappa shape index (κ3) is 5.15. The second-order valence-corrected chi connectivity index (χ2v) is 9.56. The van der Waals surface area contributed by atoms with Gasteiger partial charge in [0.1, 0.15) is 22.0 Å². The molecule has 0 aliphatic rings. The number of halogens is 1. The van der Waals surface area contributed by atoms with Gasteiger partial charge >= 0.3 is 0 Å². The summed E-state index contributed by atoms with van der Waals surface area (Å²) >= 11 is 6.15. The Bertz CT molecular complexity index is 1620. The van der Waals surface area contributed by atoms with Crippen molar-refractivity contribution in [2.75, 3.05) is 12.4 Å². The zero-order chi connectivity index (χ0) is 26.0. The Morgan fingerprint density at radius 1 is 1.03 bits per heavy atom. The van der Waals surface area contributed by atoms with E-state index in [0.29, 0.717) is 27.8 Å². The summed E-state index contributed by atoms with van der Waals surface area (Å²) in [6, 6.07) is 17.8. The number of ether oxygens (including phenoxy) is 1. The number of rotatable bonds is 6. The molecule has 0 spiro atoms. The largest absolute Gasteiger partial charge is 0.505 e. The van der Waals surface area contributed by atoms with Crippen LogP contribution in [0.2, 0.25) is 5.02 Å². The molecule has 0 heterocycles. The smallest absolute Gasteiger partial charge is 0.296 e. The van der Waals surface area contributed by atoms with Crippen molar-refractivity contribution < 1.29 is 27.6 Å². The van der Waals surface area contributed by atoms with Crippen LogP contribution in [0, 0.1) is 6.92 Å². The Hall–Kier alpha value is -3.99. The minimum absolute atomic E-state index is 0.0149. The highest BCUT2D eigenvalue weighted by molar-refractivity contribution is 7.86. The molecule has 3 N–H and O–H groups in total. The number of hydrogen-bond donors (Lipinski definition) is 3. The monoisotopic (exact) mass is 525 g/mol. The van der Waals surface area contributed by atoms with Gasteiger partial charge in [0, 0.05) is 11.1 Å². The number of fused-ring (bicyclic) bond motifs is 1. The predicted octanol–water partition coefficient (Wildman–Crippen LogP) is 6.43. The lowest BCUT2D eigenvalue weighted by atomic mass is 10.0. The fourth-order valence-corrected chi connectivity index (χ4v) is 4.65. The van der Waals surface area contributed by atoms with Crippen LogP contribution in [0.25, 0.3) is 10.8 Å². The maximum Gasteiger partial charge on any atom is 0.296 e. The number of carbonyl (C=O) groups is 1. The molecule has 36 heavy (non-hydrogen) atoms. The topological polar surface area (TPSA) is 138 Å². The maximum atomic E-state index is 13.0. The molecular formula is C25H20ClN3O6S. The van der Waals surface area contributed by atoms with E-state index in [1.807, 2.05) is 0 Å². The Morgan fingerprint density at radius 2 is 1.72 bits per heavy atom. The first-order chi connectivity index (χ1) is 17.1. The number of hydrogen-bond acceptors (Lipinski definition) is 7. The van der Waals surface area contributed by atoms with Gasteiger partial charge in [0.05, 0.1) is 17.7 Å². The van der Waals surface area contributed by atoms with Crippen molar-refractivity contribution in [2.45, 2.75) is 11.8 Å². The minimum Gasteiger partial charge on any atom is -0.505 e.